The molecule has 2 aromatic rings. The number of hydrogen-bond acceptors (Lipinski definition) is 3. The van der Waals surface area contributed by atoms with Gasteiger partial charge in [0.25, 0.3) is 0 Å². The van der Waals surface area contributed by atoms with E-state index in [-0.39, 0.29) is 5.78 Å². The van der Waals surface area contributed by atoms with E-state index in [2.05, 4.69) is 0 Å². The van der Waals surface area contributed by atoms with Gasteiger partial charge in [-0.2, -0.15) is 0 Å². The second-order valence-electron chi connectivity index (χ2n) is 7.27. The van der Waals surface area contributed by atoms with Gasteiger partial charge >= 0.3 is 5.97 Å². The van der Waals surface area contributed by atoms with Gasteiger partial charge < -0.3 is 4.74 Å². The lowest BCUT2D eigenvalue weighted by atomic mass is 10.0. The number of ether oxygens (including phenoxy) is 1. The molecule has 4 atom stereocenters. The molecule has 0 heterocycles. The third-order valence-corrected chi connectivity index (χ3v) is 4.13. The van der Waals surface area contributed by atoms with Gasteiger partial charge in [-0.3, -0.25) is 9.59 Å². The molecule has 2 aromatic carbocycles. The second kappa shape index (κ2) is 6.83. The summed E-state index contributed by atoms with van der Waals surface area (Å²) in [6, 6.07) is 17.8. The van der Waals surface area contributed by atoms with Gasteiger partial charge in [0, 0.05) is 20.6 Å². The molecule has 3 heteroatoms. The molecule has 3 nitrogen and oxygen atoms in total. The molecule has 0 saturated heterocycles. The third kappa shape index (κ3) is 4.16. The highest BCUT2D eigenvalue weighted by Crippen LogP contribution is 2.57. The maximum Gasteiger partial charge on any atom is 0.310 e. The molecule has 1 unspecified atom stereocenters. The Morgan fingerprint density at radius 1 is 1.04 bits per heavy atom. The van der Waals surface area contributed by atoms with E-state index in [1.165, 1.54) is 0 Å². The normalized spacial score (nSPS) is 27.6. The summed E-state index contributed by atoms with van der Waals surface area (Å²) in [5, 5.41) is 0. The summed E-state index contributed by atoms with van der Waals surface area (Å²) in [4.78, 5) is 25.6. The smallest absolute Gasteiger partial charge is 0.310 e. The van der Waals surface area contributed by atoms with Crippen LogP contribution in [0.1, 0.15) is 51.7 Å². The number of esters is 1. The maximum atomic E-state index is 12.8. The summed E-state index contributed by atoms with van der Waals surface area (Å²) in [7, 11) is 0. The molecule has 1 aliphatic carbocycles. The molecule has 130 valence electrons. The van der Waals surface area contributed by atoms with Gasteiger partial charge in [0.05, 0.1) is 5.89 Å². The molecule has 0 bridgehead atoms. The quantitative estimate of drug-likeness (QED) is 0.590. The zero-order valence-electron chi connectivity index (χ0n) is 16.7. The number of ketones is 1. The lowest BCUT2D eigenvalue weighted by Gasteiger charge is -2.19. The molecule has 0 amide bonds. The topological polar surface area (TPSA) is 43.4 Å². The van der Waals surface area contributed by atoms with Crippen molar-refractivity contribution >= 4 is 11.8 Å². The van der Waals surface area contributed by atoms with Gasteiger partial charge in [-0.15, -0.1) is 0 Å². The molecule has 3 rings (SSSR count). The summed E-state index contributed by atoms with van der Waals surface area (Å²) in [6.07, 6.45) is -1.21. The molecule has 0 spiro atoms. The van der Waals surface area contributed by atoms with Crippen molar-refractivity contribution in [1.29, 1.82) is 0 Å². The molecule has 1 saturated carbocycles. The summed E-state index contributed by atoms with van der Waals surface area (Å²) in [5.41, 5.74) is 0.463. The van der Waals surface area contributed by atoms with E-state index >= 15 is 0 Å². The first-order valence-corrected chi connectivity index (χ1v) is 8.46. The van der Waals surface area contributed by atoms with Crippen molar-refractivity contribution in [3.63, 3.8) is 0 Å². The molecule has 0 radical (unpaired) electrons. The van der Waals surface area contributed by atoms with Crippen LogP contribution in [0.5, 0.6) is 0 Å². The van der Waals surface area contributed by atoms with Crippen molar-refractivity contribution < 1.29 is 17.1 Å². The third-order valence-electron chi connectivity index (χ3n) is 4.13. The fraction of sp³-hybridized carbons (Fsp3) is 0.364. The van der Waals surface area contributed by atoms with Crippen LogP contribution in [-0.2, 0) is 9.53 Å². The van der Waals surface area contributed by atoms with Crippen LogP contribution >= 0.6 is 0 Å². The van der Waals surface area contributed by atoms with Crippen LogP contribution in [0.2, 0.25) is 0 Å². The van der Waals surface area contributed by atoms with E-state index in [4.69, 9.17) is 7.48 Å². The molecule has 0 aliphatic heterocycles. The minimum atomic E-state index is -1.63. The summed E-state index contributed by atoms with van der Waals surface area (Å²) in [5.74, 6) is -3.97. The van der Waals surface area contributed by atoms with Gasteiger partial charge in [0.15, 0.2) is 5.78 Å². The molecular formula is C22H24O3. The Morgan fingerprint density at radius 2 is 1.60 bits per heavy atom. The number of hydrogen-bond donors (Lipinski definition) is 0. The average Bonchev–Trinajstić information content (AvgIpc) is 3.28. The van der Waals surface area contributed by atoms with E-state index in [9.17, 15) is 9.59 Å². The number of benzene rings is 2. The van der Waals surface area contributed by atoms with Crippen LogP contribution in [0, 0.1) is 11.8 Å². The SMILES string of the molecule is [2H]C(C(=O)c1ccccc1)[C@H]1[C@H](c2ccccc2)[C@@]1([2H])C(=O)OC(C)(C)C. The van der Waals surface area contributed by atoms with Crippen molar-refractivity contribution in [3.05, 3.63) is 71.8 Å². The van der Waals surface area contributed by atoms with Crippen LogP contribution in [0.3, 0.4) is 0 Å². The first-order chi connectivity index (χ1) is 12.7. The fourth-order valence-corrected chi connectivity index (χ4v) is 2.98. The highest BCUT2D eigenvalue weighted by molar-refractivity contribution is 5.97. The van der Waals surface area contributed by atoms with Crippen LogP contribution < -0.4 is 0 Å². The van der Waals surface area contributed by atoms with E-state index < -0.39 is 35.7 Å². The molecule has 1 aliphatic rings. The first kappa shape index (κ1) is 14.9. The lowest BCUT2D eigenvalue weighted by Crippen LogP contribution is -2.25. The second-order valence-corrected chi connectivity index (χ2v) is 7.27. The maximum absolute atomic E-state index is 12.8. The van der Waals surface area contributed by atoms with E-state index in [1.807, 2.05) is 30.3 Å². The van der Waals surface area contributed by atoms with E-state index in [1.54, 1.807) is 51.1 Å². The Labute approximate surface area is 151 Å². The standard InChI is InChI=1S/C22H24O3/c1-22(2,3)25-21(24)20-17(19(20)16-12-8-5-9-13-16)14-18(23)15-10-6-4-7-11-15/h4-13,17,19-20H,14H2,1-3H3/t17-,19-,20-/m0/s1/i14D,20D/t14?,17-,19-,20-. The average molecular weight is 338 g/mol. The fourth-order valence-electron chi connectivity index (χ4n) is 2.98. The van der Waals surface area contributed by atoms with E-state index in [0.717, 1.165) is 5.56 Å². The predicted octanol–water partition coefficient (Wildman–Crippen LogP) is 4.63. The van der Waals surface area contributed by atoms with Crippen LogP contribution in [0.25, 0.3) is 0 Å². The van der Waals surface area contributed by atoms with Crippen molar-refractivity contribution in [3.8, 4) is 0 Å². The minimum Gasteiger partial charge on any atom is -0.460 e. The molecule has 0 N–H and O–H groups in total. The number of carbonyl (C=O) groups is 2. The summed E-state index contributed by atoms with van der Waals surface area (Å²) >= 11 is 0. The Balaban J connectivity index is 1.93. The highest BCUT2D eigenvalue weighted by atomic mass is 16.6. The van der Waals surface area contributed by atoms with E-state index in [0.29, 0.717) is 5.56 Å². The van der Waals surface area contributed by atoms with Gasteiger partial charge in [-0.05, 0) is 32.3 Å². The largest absolute Gasteiger partial charge is 0.460 e. The Bertz CT molecular complexity index is 830. The van der Waals surface area contributed by atoms with Crippen LogP contribution in [0.15, 0.2) is 60.7 Å². The van der Waals surface area contributed by atoms with Gasteiger partial charge in [-0.1, -0.05) is 60.7 Å². The number of Topliss-reactive ketones (excluding diaryl/α,β-unsaturated/α-hetero) is 1. The van der Waals surface area contributed by atoms with Crippen LogP contribution in [-0.4, -0.2) is 17.4 Å². The Kier molecular flexibility index (Phi) is 4.07. The predicted molar refractivity (Wildman–Crippen MR) is 97.4 cm³/mol. The van der Waals surface area contributed by atoms with Gasteiger partial charge in [-0.25, -0.2) is 0 Å². The molecule has 25 heavy (non-hydrogen) atoms. The van der Waals surface area contributed by atoms with Crippen molar-refractivity contribution in [2.24, 2.45) is 11.8 Å². The van der Waals surface area contributed by atoms with Gasteiger partial charge in [0.2, 0.25) is 0 Å². The number of carbonyl (C=O) groups excluding carboxylic acids is 2. The highest BCUT2D eigenvalue weighted by Gasteiger charge is 2.57. The Morgan fingerprint density at radius 3 is 2.16 bits per heavy atom. The van der Waals surface area contributed by atoms with Crippen molar-refractivity contribution in [2.75, 3.05) is 0 Å². The molecule has 1 fully saturated rings. The molecular weight excluding hydrogens is 312 g/mol. The van der Waals surface area contributed by atoms with Gasteiger partial charge in [0.1, 0.15) is 5.60 Å². The van der Waals surface area contributed by atoms with Crippen LogP contribution in [0.4, 0.5) is 0 Å². The summed E-state index contributed by atoms with van der Waals surface area (Å²) in [6.45, 7) is 5.24. The minimum absolute atomic E-state index is 0.376. The Hall–Kier alpha value is -2.42. The zero-order valence-corrected chi connectivity index (χ0v) is 14.7. The zero-order chi connectivity index (χ0) is 19.8. The van der Waals surface area contributed by atoms with Crippen molar-refractivity contribution in [2.45, 2.75) is 38.7 Å². The lowest BCUT2D eigenvalue weighted by molar-refractivity contribution is -0.157. The van der Waals surface area contributed by atoms with Crippen molar-refractivity contribution in [1.82, 2.24) is 0 Å². The first-order valence-electron chi connectivity index (χ1n) is 9.54. The summed E-state index contributed by atoms with van der Waals surface area (Å²) < 4.78 is 22.8. The monoisotopic (exact) mass is 338 g/mol. The molecule has 0 aromatic heterocycles. The number of rotatable bonds is 5.